The van der Waals surface area contributed by atoms with Crippen molar-refractivity contribution in [2.24, 2.45) is 0 Å². The smallest absolute Gasteiger partial charge is 0.411 e. The van der Waals surface area contributed by atoms with Gasteiger partial charge in [-0.25, -0.2) is 18.2 Å². The molecule has 2 aromatic carbocycles. The van der Waals surface area contributed by atoms with E-state index in [1.807, 2.05) is 31.2 Å². The van der Waals surface area contributed by atoms with Gasteiger partial charge in [-0.15, -0.1) is 11.3 Å². The third-order valence-corrected chi connectivity index (χ3v) is 9.26. The molecule has 1 aliphatic carbocycles. The standard InChI is InChI=1S/C26H30N4O7S2/c1-15-12-18(29-26(33)37-3)7-8-19(15)16-4-9-20-21(13-16)38-25(30-20)23(39(34,35)11-10-36-2)24(32)27-14-22(31)28-17-5-6-17/h4,7-9,12-13,17,23H,5-6,10-11,14H2,1-3H3,(H,27,32)(H,28,31)(H,29,33). The molecule has 1 atom stereocenters. The predicted octanol–water partition coefficient (Wildman–Crippen LogP) is 2.95. The van der Waals surface area contributed by atoms with Gasteiger partial charge in [-0.2, -0.15) is 0 Å². The number of hydrogen-bond donors (Lipinski definition) is 3. The van der Waals surface area contributed by atoms with Gasteiger partial charge in [0.05, 0.1) is 36.2 Å². The van der Waals surface area contributed by atoms with E-state index in [-0.39, 0.29) is 35.9 Å². The lowest BCUT2D eigenvalue weighted by atomic mass is 10.00. The average molecular weight is 575 g/mol. The Hall–Kier alpha value is -3.55. The van der Waals surface area contributed by atoms with E-state index in [1.54, 1.807) is 12.1 Å². The Morgan fingerprint density at radius 1 is 1.13 bits per heavy atom. The highest BCUT2D eigenvalue weighted by atomic mass is 32.2. The van der Waals surface area contributed by atoms with Crippen LogP contribution < -0.4 is 16.0 Å². The number of carbonyl (C=O) groups is 3. The minimum atomic E-state index is -3.99. The monoisotopic (exact) mass is 574 g/mol. The average Bonchev–Trinajstić information content (AvgIpc) is 3.61. The first-order valence-corrected chi connectivity index (χ1v) is 14.8. The Morgan fingerprint density at radius 2 is 1.90 bits per heavy atom. The second kappa shape index (κ2) is 12.1. The zero-order chi connectivity index (χ0) is 28.2. The summed E-state index contributed by atoms with van der Waals surface area (Å²) in [5, 5.41) is 6.40. The van der Waals surface area contributed by atoms with Crippen LogP contribution in [0.3, 0.4) is 0 Å². The van der Waals surface area contributed by atoms with Crippen molar-refractivity contribution in [2.45, 2.75) is 31.1 Å². The second-order valence-electron chi connectivity index (χ2n) is 9.18. The molecule has 0 radical (unpaired) electrons. The zero-order valence-electron chi connectivity index (χ0n) is 21.8. The van der Waals surface area contributed by atoms with E-state index in [4.69, 9.17) is 4.74 Å². The summed E-state index contributed by atoms with van der Waals surface area (Å²) in [6.45, 7) is 1.51. The molecule has 1 saturated carbocycles. The number of aryl methyl sites for hydroxylation is 1. The van der Waals surface area contributed by atoms with E-state index in [2.05, 4.69) is 25.7 Å². The highest BCUT2D eigenvalue weighted by Gasteiger charge is 2.37. The van der Waals surface area contributed by atoms with Crippen LogP contribution in [-0.4, -0.2) is 70.5 Å². The number of methoxy groups -OCH3 is 2. The van der Waals surface area contributed by atoms with Crippen molar-refractivity contribution >= 4 is 55.0 Å². The summed E-state index contributed by atoms with van der Waals surface area (Å²) in [4.78, 5) is 41.2. The van der Waals surface area contributed by atoms with E-state index in [9.17, 15) is 22.8 Å². The fourth-order valence-corrected chi connectivity index (χ4v) is 6.94. The van der Waals surface area contributed by atoms with Gasteiger partial charge in [0.25, 0.3) is 0 Å². The highest BCUT2D eigenvalue weighted by Crippen LogP contribution is 2.35. The van der Waals surface area contributed by atoms with Gasteiger partial charge in [-0.05, 0) is 60.7 Å². The quantitative estimate of drug-likeness (QED) is 0.316. The number of anilines is 1. The Balaban J connectivity index is 1.61. The molecule has 1 heterocycles. The Kier molecular flexibility index (Phi) is 8.83. The summed E-state index contributed by atoms with van der Waals surface area (Å²) in [7, 11) is -1.32. The van der Waals surface area contributed by atoms with Crippen molar-refractivity contribution in [3.8, 4) is 11.1 Å². The fraction of sp³-hybridized carbons (Fsp3) is 0.385. The molecule has 1 aromatic heterocycles. The maximum absolute atomic E-state index is 13.2. The first-order valence-electron chi connectivity index (χ1n) is 12.3. The molecule has 3 N–H and O–H groups in total. The van der Waals surface area contributed by atoms with E-state index in [0.29, 0.717) is 15.9 Å². The molecule has 0 spiro atoms. The van der Waals surface area contributed by atoms with Gasteiger partial charge in [0.2, 0.25) is 11.8 Å². The Bertz CT molecular complexity index is 1500. The number of thiazole rings is 1. The molecule has 208 valence electrons. The van der Waals surface area contributed by atoms with Crippen LogP contribution in [0, 0.1) is 6.92 Å². The number of aromatic nitrogens is 1. The van der Waals surface area contributed by atoms with Crippen molar-refractivity contribution in [1.82, 2.24) is 15.6 Å². The maximum Gasteiger partial charge on any atom is 0.411 e. The summed E-state index contributed by atoms with van der Waals surface area (Å²) in [6, 6.07) is 11.1. The summed E-state index contributed by atoms with van der Waals surface area (Å²) in [5.41, 5.74) is 3.81. The van der Waals surface area contributed by atoms with E-state index >= 15 is 0 Å². The number of sulfone groups is 1. The number of benzene rings is 2. The van der Waals surface area contributed by atoms with Crippen molar-refractivity contribution in [2.75, 3.05) is 38.4 Å². The van der Waals surface area contributed by atoms with Crippen LogP contribution >= 0.6 is 11.3 Å². The summed E-state index contributed by atoms with van der Waals surface area (Å²) >= 11 is 1.11. The number of amides is 3. The molecule has 3 amide bonds. The highest BCUT2D eigenvalue weighted by molar-refractivity contribution is 7.92. The van der Waals surface area contributed by atoms with Gasteiger partial charge in [0.15, 0.2) is 15.1 Å². The van der Waals surface area contributed by atoms with E-state index < -0.39 is 27.1 Å². The second-order valence-corrected chi connectivity index (χ2v) is 12.4. The molecule has 1 unspecified atom stereocenters. The number of nitrogens with one attached hydrogen (secondary N) is 3. The number of carbonyl (C=O) groups excluding carboxylic acids is 3. The van der Waals surface area contributed by atoms with Gasteiger partial charge >= 0.3 is 6.09 Å². The molecule has 0 saturated heterocycles. The molecule has 0 bridgehead atoms. The predicted molar refractivity (Wildman–Crippen MR) is 148 cm³/mol. The number of ether oxygens (including phenoxy) is 2. The van der Waals surface area contributed by atoms with Crippen LogP contribution in [0.15, 0.2) is 36.4 Å². The normalized spacial score (nSPS) is 14.0. The van der Waals surface area contributed by atoms with Gasteiger partial charge < -0.3 is 20.1 Å². The molecule has 11 nitrogen and oxygen atoms in total. The minimum absolute atomic E-state index is 0.0799. The molecule has 3 aromatic rings. The molecule has 1 fully saturated rings. The number of rotatable bonds is 11. The number of hydrogen-bond acceptors (Lipinski definition) is 9. The van der Waals surface area contributed by atoms with Gasteiger partial charge in [0.1, 0.15) is 5.01 Å². The minimum Gasteiger partial charge on any atom is -0.453 e. The first-order chi connectivity index (χ1) is 18.6. The lowest BCUT2D eigenvalue weighted by molar-refractivity contribution is -0.126. The van der Waals surface area contributed by atoms with E-state index in [0.717, 1.165) is 40.9 Å². The van der Waals surface area contributed by atoms with Gasteiger partial charge in [-0.1, -0.05) is 12.1 Å². The van der Waals surface area contributed by atoms with Crippen LogP contribution in [0.4, 0.5) is 10.5 Å². The Morgan fingerprint density at radius 3 is 2.56 bits per heavy atom. The molecular formula is C26H30N4O7S2. The largest absolute Gasteiger partial charge is 0.453 e. The van der Waals surface area contributed by atoms with Crippen LogP contribution in [0.5, 0.6) is 0 Å². The Labute approximate surface area is 230 Å². The molecule has 39 heavy (non-hydrogen) atoms. The van der Waals surface area contributed by atoms with Crippen molar-refractivity contribution < 1.29 is 32.3 Å². The van der Waals surface area contributed by atoms with Gasteiger partial charge in [0, 0.05) is 18.8 Å². The van der Waals surface area contributed by atoms with Crippen LogP contribution in [0.2, 0.25) is 0 Å². The van der Waals surface area contributed by atoms with Crippen LogP contribution in [0.1, 0.15) is 28.7 Å². The topological polar surface area (TPSA) is 153 Å². The summed E-state index contributed by atoms with van der Waals surface area (Å²) < 4.78 is 36.7. The SMILES string of the molecule is COCCS(=O)(=O)C(C(=O)NCC(=O)NC1CC1)c1nc2ccc(-c3ccc(NC(=O)OC)cc3C)cc2s1. The molecular weight excluding hydrogens is 544 g/mol. The lowest BCUT2D eigenvalue weighted by Gasteiger charge is -2.15. The summed E-state index contributed by atoms with van der Waals surface area (Å²) in [6.07, 6.45) is 1.23. The number of fused-ring (bicyclic) bond motifs is 1. The van der Waals surface area contributed by atoms with Crippen molar-refractivity contribution in [3.05, 3.63) is 47.0 Å². The first kappa shape index (κ1) is 28.5. The van der Waals surface area contributed by atoms with Crippen LogP contribution in [-0.2, 0) is 28.9 Å². The molecule has 13 heteroatoms. The fourth-order valence-electron chi connectivity index (χ4n) is 3.97. The molecule has 4 rings (SSSR count). The third-order valence-electron chi connectivity index (χ3n) is 6.13. The molecule has 1 aliphatic rings. The molecule has 0 aliphatic heterocycles. The maximum atomic E-state index is 13.2. The third kappa shape index (κ3) is 7.11. The lowest BCUT2D eigenvalue weighted by Crippen LogP contribution is -2.41. The van der Waals surface area contributed by atoms with Crippen molar-refractivity contribution in [1.29, 1.82) is 0 Å². The van der Waals surface area contributed by atoms with Crippen LogP contribution in [0.25, 0.3) is 21.3 Å². The van der Waals surface area contributed by atoms with Crippen molar-refractivity contribution in [3.63, 3.8) is 0 Å². The van der Waals surface area contributed by atoms with Gasteiger partial charge in [-0.3, -0.25) is 14.9 Å². The zero-order valence-corrected chi connectivity index (χ0v) is 23.4. The number of nitrogens with zero attached hydrogens (tertiary/aromatic N) is 1. The van der Waals surface area contributed by atoms with E-state index in [1.165, 1.54) is 14.2 Å². The summed E-state index contributed by atoms with van der Waals surface area (Å²) in [5.74, 6) is -1.54.